The minimum absolute atomic E-state index is 0.0184. The van der Waals surface area contributed by atoms with Crippen LogP contribution in [0.1, 0.15) is 16.7 Å². The molecule has 0 saturated heterocycles. The third kappa shape index (κ3) is 2.98. The molecule has 0 aromatic heterocycles. The van der Waals surface area contributed by atoms with E-state index in [1.165, 1.54) is 26.2 Å². The Hall–Kier alpha value is -1.52. The van der Waals surface area contributed by atoms with E-state index in [-0.39, 0.29) is 12.0 Å². The minimum Gasteiger partial charge on any atom is -0.469 e. The fourth-order valence-electron chi connectivity index (χ4n) is 1.39. The Balaban J connectivity index is 2.96. The van der Waals surface area contributed by atoms with E-state index in [4.69, 9.17) is 0 Å². The molecular formula is C11H11F3O2. The van der Waals surface area contributed by atoms with Crippen LogP contribution in [-0.2, 0) is 22.1 Å². The zero-order chi connectivity index (χ0) is 12.3. The summed E-state index contributed by atoms with van der Waals surface area (Å²) in [6.07, 6.45) is -4.37. The van der Waals surface area contributed by atoms with Crippen LogP contribution in [0.4, 0.5) is 13.2 Å². The summed E-state index contributed by atoms with van der Waals surface area (Å²) in [7, 11) is 1.24. The first-order valence-electron chi connectivity index (χ1n) is 4.58. The van der Waals surface area contributed by atoms with Crippen LogP contribution in [0.5, 0.6) is 0 Å². The van der Waals surface area contributed by atoms with Gasteiger partial charge in [-0.2, -0.15) is 13.2 Å². The topological polar surface area (TPSA) is 26.3 Å². The van der Waals surface area contributed by atoms with Gasteiger partial charge in [0.15, 0.2) is 0 Å². The molecule has 5 heteroatoms. The fourth-order valence-corrected chi connectivity index (χ4v) is 1.39. The molecule has 0 aliphatic rings. The first-order valence-corrected chi connectivity index (χ1v) is 4.58. The number of benzene rings is 1. The standard InChI is InChI=1S/C11H11F3O2/c1-7-5-8(6-10(15)16-2)3-4-9(7)11(12,13)14/h3-5H,6H2,1-2H3. The van der Waals surface area contributed by atoms with E-state index < -0.39 is 17.7 Å². The third-order valence-electron chi connectivity index (χ3n) is 2.17. The van der Waals surface area contributed by atoms with Crippen molar-refractivity contribution in [3.8, 4) is 0 Å². The van der Waals surface area contributed by atoms with Crippen LogP contribution >= 0.6 is 0 Å². The number of hydrogen-bond acceptors (Lipinski definition) is 2. The maximum atomic E-state index is 12.4. The lowest BCUT2D eigenvalue weighted by atomic mass is 10.0. The van der Waals surface area contributed by atoms with Crippen molar-refractivity contribution >= 4 is 5.97 Å². The molecule has 0 spiro atoms. The number of halogens is 3. The molecule has 1 aromatic carbocycles. The first kappa shape index (κ1) is 12.5. The largest absolute Gasteiger partial charge is 0.469 e. The van der Waals surface area contributed by atoms with Gasteiger partial charge in [-0.1, -0.05) is 12.1 Å². The van der Waals surface area contributed by atoms with Gasteiger partial charge in [0.25, 0.3) is 0 Å². The summed E-state index contributed by atoms with van der Waals surface area (Å²) in [6.45, 7) is 1.36. The lowest BCUT2D eigenvalue weighted by molar-refractivity contribution is -0.139. The summed E-state index contributed by atoms with van der Waals surface area (Å²) in [5.41, 5.74) is -0.0626. The molecule has 0 amide bonds. The molecular weight excluding hydrogens is 221 g/mol. The van der Waals surface area contributed by atoms with Crippen LogP contribution in [-0.4, -0.2) is 13.1 Å². The van der Waals surface area contributed by atoms with E-state index in [9.17, 15) is 18.0 Å². The molecule has 0 aliphatic heterocycles. The third-order valence-corrected chi connectivity index (χ3v) is 2.17. The van der Waals surface area contributed by atoms with Crippen LogP contribution in [0.2, 0.25) is 0 Å². The lowest BCUT2D eigenvalue weighted by Gasteiger charge is -2.11. The van der Waals surface area contributed by atoms with Gasteiger partial charge in [-0.3, -0.25) is 4.79 Å². The molecule has 1 rings (SSSR count). The highest BCUT2D eigenvalue weighted by Gasteiger charge is 2.32. The zero-order valence-electron chi connectivity index (χ0n) is 8.89. The second-order valence-corrected chi connectivity index (χ2v) is 3.40. The number of rotatable bonds is 2. The number of aryl methyl sites for hydroxylation is 1. The van der Waals surface area contributed by atoms with Gasteiger partial charge in [0.1, 0.15) is 0 Å². The number of ether oxygens (including phenoxy) is 1. The highest BCUT2D eigenvalue weighted by atomic mass is 19.4. The van der Waals surface area contributed by atoms with Gasteiger partial charge in [-0.25, -0.2) is 0 Å². The average Bonchev–Trinajstić information content (AvgIpc) is 2.15. The first-order chi connectivity index (χ1) is 7.34. The van der Waals surface area contributed by atoms with E-state index in [2.05, 4.69) is 4.74 Å². The number of esters is 1. The van der Waals surface area contributed by atoms with Gasteiger partial charge < -0.3 is 4.74 Å². The number of carbonyl (C=O) groups is 1. The SMILES string of the molecule is COC(=O)Cc1ccc(C(F)(F)F)c(C)c1. The zero-order valence-corrected chi connectivity index (χ0v) is 8.89. The van der Waals surface area contributed by atoms with Crippen molar-refractivity contribution in [1.82, 2.24) is 0 Å². The Labute approximate surface area is 91.0 Å². The number of hydrogen-bond donors (Lipinski definition) is 0. The average molecular weight is 232 g/mol. The van der Waals surface area contributed by atoms with E-state index in [1.807, 2.05) is 0 Å². The summed E-state index contributed by atoms with van der Waals surface area (Å²) < 4.78 is 41.7. The Kier molecular flexibility index (Phi) is 3.57. The Morgan fingerprint density at radius 3 is 2.44 bits per heavy atom. The van der Waals surface area contributed by atoms with Crippen molar-refractivity contribution in [1.29, 1.82) is 0 Å². The quantitative estimate of drug-likeness (QED) is 0.733. The van der Waals surface area contributed by atoms with Crippen molar-refractivity contribution in [3.63, 3.8) is 0 Å². The van der Waals surface area contributed by atoms with E-state index >= 15 is 0 Å². The molecule has 0 fully saturated rings. The summed E-state index contributed by atoms with van der Waals surface area (Å²) >= 11 is 0. The van der Waals surface area contributed by atoms with Crippen LogP contribution in [0.25, 0.3) is 0 Å². The molecule has 1 aromatic rings. The molecule has 0 atom stereocenters. The number of alkyl halides is 3. The number of carbonyl (C=O) groups excluding carboxylic acids is 1. The summed E-state index contributed by atoms with van der Waals surface area (Å²) in [5, 5.41) is 0. The number of methoxy groups -OCH3 is 1. The molecule has 0 bridgehead atoms. The van der Waals surface area contributed by atoms with Gasteiger partial charge >= 0.3 is 12.1 Å². The molecule has 0 heterocycles. The monoisotopic (exact) mass is 232 g/mol. The summed E-state index contributed by atoms with van der Waals surface area (Å²) in [6, 6.07) is 3.61. The van der Waals surface area contributed by atoms with Gasteiger partial charge in [0, 0.05) is 0 Å². The van der Waals surface area contributed by atoms with Crippen molar-refractivity contribution < 1.29 is 22.7 Å². The molecule has 0 aliphatic carbocycles. The van der Waals surface area contributed by atoms with Crippen LogP contribution in [0, 0.1) is 6.92 Å². The highest BCUT2D eigenvalue weighted by molar-refractivity contribution is 5.72. The maximum absolute atomic E-state index is 12.4. The van der Waals surface area contributed by atoms with Crippen molar-refractivity contribution in [2.75, 3.05) is 7.11 Å². The molecule has 0 N–H and O–H groups in total. The van der Waals surface area contributed by atoms with Crippen LogP contribution in [0.15, 0.2) is 18.2 Å². The fraction of sp³-hybridized carbons (Fsp3) is 0.364. The normalized spacial score (nSPS) is 11.3. The molecule has 16 heavy (non-hydrogen) atoms. The van der Waals surface area contributed by atoms with E-state index in [1.54, 1.807) is 0 Å². The van der Waals surface area contributed by atoms with E-state index in [0.717, 1.165) is 6.07 Å². The predicted molar refractivity (Wildman–Crippen MR) is 51.9 cm³/mol. The Bertz CT molecular complexity index is 397. The second-order valence-electron chi connectivity index (χ2n) is 3.40. The Morgan fingerprint density at radius 2 is 2.00 bits per heavy atom. The van der Waals surface area contributed by atoms with Crippen molar-refractivity contribution in [3.05, 3.63) is 34.9 Å². The van der Waals surface area contributed by atoms with Gasteiger partial charge in [0.05, 0.1) is 19.1 Å². The van der Waals surface area contributed by atoms with Crippen molar-refractivity contribution in [2.45, 2.75) is 19.5 Å². The smallest absolute Gasteiger partial charge is 0.416 e. The molecule has 2 nitrogen and oxygen atoms in total. The molecule has 0 unspecified atom stereocenters. The molecule has 88 valence electrons. The van der Waals surface area contributed by atoms with Gasteiger partial charge in [-0.05, 0) is 24.1 Å². The summed E-state index contributed by atoms with van der Waals surface area (Å²) in [5.74, 6) is -0.473. The van der Waals surface area contributed by atoms with Crippen molar-refractivity contribution in [2.24, 2.45) is 0 Å². The van der Waals surface area contributed by atoms with Gasteiger partial charge in [0.2, 0.25) is 0 Å². The summed E-state index contributed by atoms with van der Waals surface area (Å²) in [4.78, 5) is 10.9. The predicted octanol–water partition coefficient (Wildman–Crippen LogP) is 2.73. The highest BCUT2D eigenvalue weighted by Crippen LogP contribution is 2.32. The van der Waals surface area contributed by atoms with Crippen LogP contribution in [0.3, 0.4) is 0 Å². The Morgan fingerprint density at radius 1 is 1.38 bits per heavy atom. The molecule has 0 radical (unpaired) electrons. The van der Waals surface area contributed by atoms with Gasteiger partial charge in [-0.15, -0.1) is 0 Å². The van der Waals surface area contributed by atoms with E-state index in [0.29, 0.717) is 5.56 Å². The lowest BCUT2D eigenvalue weighted by Crippen LogP contribution is -2.09. The molecule has 0 saturated carbocycles. The second kappa shape index (κ2) is 4.55. The van der Waals surface area contributed by atoms with Crippen LogP contribution < -0.4 is 0 Å². The minimum atomic E-state index is -4.35. The maximum Gasteiger partial charge on any atom is 0.416 e.